The molecule has 0 saturated carbocycles. The Morgan fingerprint density at radius 1 is 1.21 bits per heavy atom. The molecular formula is C15H14N2O2. The van der Waals surface area contributed by atoms with Crippen molar-refractivity contribution in [3.63, 3.8) is 0 Å². The summed E-state index contributed by atoms with van der Waals surface area (Å²) >= 11 is 0. The molecule has 2 aromatic carbocycles. The summed E-state index contributed by atoms with van der Waals surface area (Å²) in [6, 6.07) is 11.3. The molecule has 3 rings (SSSR count). The van der Waals surface area contributed by atoms with Gasteiger partial charge in [0.25, 0.3) is 0 Å². The van der Waals surface area contributed by atoms with Gasteiger partial charge in [-0.3, -0.25) is 0 Å². The van der Waals surface area contributed by atoms with Gasteiger partial charge < -0.3 is 14.9 Å². The second-order valence-corrected chi connectivity index (χ2v) is 4.40. The maximum Gasteiger partial charge on any atom is 0.231 e. The number of nitrogens with zero attached hydrogens (tertiary/aromatic N) is 1. The minimum Gasteiger partial charge on any atom is -0.496 e. The lowest BCUT2D eigenvalue weighted by Crippen LogP contribution is -1.91. The molecule has 0 aliphatic carbocycles. The largest absolute Gasteiger partial charge is 0.496 e. The summed E-state index contributed by atoms with van der Waals surface area (Å²) in [4.78, 5) is 4.49. The van der Waals surface area contributed by atoms with Crippen LogP contribution in [-0.2, 0) is 0 Å². The van der Waals surface area contributed by atoms with Gasteiger partial charge in [0, 0.05) is 11.8 Å². The first kappa shape index (κ1) is 11.6. The average molecular weight is 254 g/mol. The van der Waals surface area contributed by atoms with E-state index in [0.717, 1.165) is 22.2 Å². The fraction of sp³-hybridized carbons (Fsp3) is 0.133. The highest BCUT2D eigenvalue weighted by atomic mass is 16.5. The maximum absolute atomic E-state index is 5.84. The van der Waals surface area contributed by atoms with Gasteiger partial charge in [0.2, 0.25) is 5.89 Å². The van der Waals surface area contributed by atoms with Crippen molar-refractivity contribution >= 4 is 16.8 Å². The molecule has 0 spiro atoms. The molecule has 4 nitrogen and oxygen atoms in total. The van der Waals surface area contributed by atoms with Crippen LogP contribution >= 0.6 is 0 Å². The van der Waals surface area contributed by atoms with Gasteiger partial charge in [-0.1, -0.05) is 12.1 Å². The van der Waals surface area contributed by atoms with E-state index in [0.29, 0.717) is 17.3 Å². The number of nitrogen functional groups attached to an aromatic ring is 1. The normalized spacial score (nSPS) is 10.8. The van der Waals surface area contributed by atoms with E-state index in [4.69, 9.17) is 14.9 Å². The Hall–Kier alpha value is -2.49. The number of nitrogens with two attached hydrogens (primary N) is 1. The van der Waals surface area contributed by atoms with Crippen LogP contribution in [0.15, 0.2) is 40.8 Å². The predicted molar refractivity (Wildman–Crippen MR) is 75.1 cm³/mol. The standard InChI is InChI=1S/C15H14N2O2/c1-9-4-3-5-12-14(9)19-15(17-12)11-7-6-10(16)8-13(11)18-2/h3-8H,16H2,1-2H3. The highest BCUT2D eigenvalue weighted by molar-refractivity contribution is 5.80. The van der Waals surface area contributed by atoms with Crippen LogP contribution in [0.2, 0.25) is 0 Å². The molecule has 0 aliphatic heterocycles. The predicted octanol–water partition coefficient (Wildman–Crippen LogP) is 3.39. The molecule has 2 N–H and O–H groups in total. The van der Waals surface area contributed by atoms with Crippen LogP contribution in [0.1, 0.15) is 5.56 Å². The van der Waals surface area contributed by atoms with Crippen molar-refractivity contribution in [3.05, 3.63) is 42.0 Å². The summed E-state index contributed by atoms with van der Waals surface area (Å²) in [6.45, 7) is 2.00. The van der Waals surface area contributed by atoms with Crippen molar-refractivity contribution in [3.8, 4) is 17.2 Å². The molecule has 0 radical (unpaired) electrons. The van der Waals surface area contributed by atoms with Crippen molar-refractivity contribution in [1.82, 2.24) is 4.98 Å². The molecule has 19 heavy (non-hydrogen) atoms. The molecule has 0 fully saturated rings. The number of para-hydroxylation sites is 1. The Balaban J connectivity index is 2.22. The zero-order chi connectivity index (χ0) is 13.4. The van der Waals surface area contributed by atoms with Crippen molar-refractivity contribution in [2.24, 2.45) is 0 Å². The van der Waals surface area contributed by atoms with E-state index in [1.54, 1.807) is 19.2 Å². The highest BCUT2D eigenvalue weighted by Crippen LogP contribution is 2.33. The fourth-order valence-corrected chi connectivity index (χ4v) is 2.09. The first-order valence-electron chi connectivity index (χ1n) is 5.99. The van der Waals surface area contributed by atoms with Gasteiger partial charge in [0.15, 0.2) is 5.58 Å². The molecule has 0 unspecified atom stereocenters. The van der Waals surface area contributed by atoms with Gasteiger partial charge >= 0.3 is 0 Å². The summed E-state index contributed by atoms with van der Waals surface area (Å²) < 4.78 is 11.2. The van der Waals surface area contributed by atoms with Crippen molar-refractivity contribution in [1.29, 1.82) is 0 Å². The number of hydrogen-bond donors (Lipinski definition) is 1. The van der Waals surface area contributed by atoms with E-state index in [9.17, 15) is 0 Å². The van der Waals surface area contributed by atoms with Gasteiger partial charge in [-0.15, -0.1) is 0 Å². The lowest BCUT2D eigenvalue weighted by atomic mass is 10.2. The Bertz CT molecular complexity index is 747. The topological polar surface area (TPSA) is 61.3 Å². The molecule has 1 heterocycles. The number of ether oxygens (including phenoxy) is 1. The number of aromatic nitrogens is 1. The Morgan fingerprint density at radius 2 is 2.05 bits per heavy atom. The molecule has 0 aliphatic rings. The number of benzene rings is 2. The summed E-state index contributed by atoms with van der Waals surface area (Å²) in [5, 5.41) is 0. The van der Waals surface area contributed by atoms with Gasteiger partial charge in [-0.05, 0) is 30.7 Å². The van der Waals surface area contributed by atoms with Crippen LogP contribution in [-0.4, -0.2) is 12.1 Å². The van der Waals surface area contributed by atoms with Crippen LogP contribution in [0.25, 0.3) is 22.6 Å². The third-order valence-corrected chi connectivity index (χ3v) is 3.07. The smallest absolute Gasteiger partial charge is 0.231 e. The molecule has 3 aromatic rings. The quantitative estimate of drug-likeness (QED) is 0.712. The summed E-state index contributed by atoms with van der Waals surface area (Å²) in [7, 11) is 1.60. The number of rotatable bonds is 2. The van der Waals surface area contributed by atoms with Crippen molar-refractivity contribution < 1.29 is 9.15 Å². The lowest BCUT2D eigenvalue weighted by molar-refractivity contribution is 0.415. The van der Waals surface area contributed by atoms with Gasteiger partial charge in [0.1, 0.15) is 11.3 Å². The second kappa shape index (κ2) is 4.31. The van der Waals surface area contributed by atoms with E-state index in [-0.39, 0.29) is 0 Å². The summed E-state index contributed by atoms with van der Waals surface area (Å²) in [5.41, 5.74) is 9.90. The maximum atomic E-state index is 5.84. The monoisotopic (exact) mass is 254 g/mol. The zero-order valence-electron chi connectivity index (χ0n) is 10.8. The van der Waals surface area contributed by atoms with Crippen LogP contribution < -0.4 is 10.5 Å². The third-order valence-electron chi connectivity index (χ3n) is 3.07. The number of aryl methyl sites for hydroxylation is 1. The molecule has 96 valence electrons. The van der Waals surface area contributed by atoms with Gasteiger partial charge in [0.05, 0.1) is 12.7 Å². The SMILES string of the molecule is COc1cc(N)ccc1-c1nc2cccc(C)c2o1. The molecule has 1 aromatic heterocycles. The second-order valence-electron chi connectivity index (χ2n) is 4.40. The van der Waals surface area contributed by atoms with Crippen molar-refractivity contribution in [2.45, 2.75) is 6.92 Å². The number of methoxy groups -OCH3 is 1. The summed E-state index contributed by atoms with van der Waals surface area (Å²) in [5.74, 6) is 1.20. The number of oxazole rings is 1. The average Bonchev–Trinajstić information content (AvgIpc) is 2.83. The number of hydrogen-bond acceptors (Lipinski definition) is 4. The van der Waals surface area contributed by atoms with Crippen LogP contribution in [0.5, 0.6) is 5.75 Å². The molecule has 0 atom stereocenters. The highest BCUT2D eigenvalue weighted by Gasteiger charge is 2.14. The number of fused-ring (bicyclic) bond motifs is 1. The van der Waals surface area contributed by atoms with Crippen LogP contribution in [0.4, 0.5) is 5.69 Å². The first-order valence-corrected chi connectivity index (χ1v) is 5.99. The van der Waals surface area contributed by atoms with E-state index >= 15 is 0 Å². The molecular weight excluding hydrogens is 240 g/mol. The van der Waals surface area contributed by atoms with Crippen LogP contribution in [0.3, 0.4) is 0 Å². The summed E-state index contributed by atoms with van der Waals surface area (Å²) in [6.07, 6.45) is 0. The van der Waals surface area contributed by atoms with Gasteiger partial charge in [-0.2, -0.15) is 0 Å². The van der Waals surface area contributed by atoms with E-state index in [1.807, 2.05) is 31.2 Å². The molecule has 4 heteroatoms. The van der Waals surface area contributed by atoms with Crippen LogP contribution in [0, 0.1) is 6.92 Å². The third kappa shape index (κ3) is 1.91. The molecule has 0 bridgehead atoms. The molecule has 0 amide bonds. The van der Waals surface area contributed by atoms with Gasteiger partial charge in [-0.25, -0.2) is 4.98 Å². The first-order chi connectivity index (χ1) is 9.19. The number of anilines is 1. The Labute approximate surface area is 110 Å². The van der Waals surface area contributed by atoms with E-state index < -0.39 is 0 Å². The minimum atomic E-state index is 0.543. The minimum absolute atomic E-state index is 0.543. The lowest BCUT2D eigenvalue weighted by Gasteiger charge is -2.05. The Morgan fingerprint density at radius 3 is 2.79 bits per heavy atom. The molecule has 0 saturated heterocycles. The van der Waals surface area contributed by atoms with E-state index in [1.165, 1.54) is 0 Å². The Kier molecular flexibility index (Phi) is 2.63. The fourth-order valence-electron chi connectivity index (χ4n) is 2.09. The van der Waals surface area contributed by atoms with E-state index in [2.05, 4.69) is 4.98 Å². The van der Waals surface area contributed by atoms with Crippen molar-refractivity contribution in [2.75, 3.05) is 12.8 Å². The zero-order valence-corrected chi connectivity index (χ0v) is 10.8.